The maximum atomic E-state index is 5.89. The minimum Gasteiger partial charge on any atom is -0.323 e. The van der Waals surface area contributed by atoms with Gasteiger partial charge < -0.3 is 5.73 Å². The van der Waals surface area contributed by atoms with Crippen LogP contribution in [0.25, 0.3) is 0 Å². The van der Waals surface area contributed by atoms with Crippen LogP contribution in [0.5, 0.6) is 0 Å². The lowest BCUT2D eigenvalue weighted by atomic mass is 10.1. The van der Waals surface area contributed by atoms with E-state index in [-0.39, 0.29) is 6.04 Å². The predicted octanol–water partition coefficient (Wildman–Crippen LogP) is 2.47. The minimum absolute atomic E-state index is 0.0937. The molecule has 1 rings (SSSR count). The Morgan fingerprint density at radius 2 is 1.82 bits per heavy atom. The minimum atomic E-state index is 0.0937. The molecule has 0 aliphatic carbocycles. The Balaban J connectivity index is 2.77. The average molecular weight is 214 g/mol. The van der Waals surface area contributed by atoms with Gasteiger partial charge in [0.25, 0.3) is 0 Å². The van der Waals surface area contributed by atoms with Crippen LogP contribution in [0, 0.1) is 0 Å². The molecule has 1 aromatic carbocycles. The predicted molar refractivity (Wildman–Crippen MR) is 51.8 cm³/mol. The standard InChI is InChI=1S/C9H12BrN/c1-7(10)9(11)8-5-3-2-4-6-8/h2-7,9H,11H2,1H3/t7-,9-/m1/s1. The molecule has 0 spiro atoms. The summed E-state index contributed by atoms with van der Waals surface area (Å²) in [6.07, 6.45) is 0. The van der Waals surface area contributed by atoms with Gasteiger partial charge in [0.05, 0.1) is 0 Å². The quantitative estimate of drug-likeness (QED) is 0.752. The van der Waals surface area contributed by atoms with Gasteiger partial charge in [0, 0.05) is 10.9 Å². The van der Waals surface area contributed by atoms with E-state index >= 15 is 0 Å². The van der Waals surface area contributed by atoms with Gasteiger partial charge in [-0.05, 0) is 5.56 Å². The molecule has 0 saturated carbocycles. The van der Waals surface area contributed by atoms with Crippen molar-refractivity contribution >= 4 is 15.9 Å². The lowest BCUT2D eigenvalue weighted by molar-refractivity contribution is 0.725. The van der Waals surface area contributed by atoms with Crippen LogP contribution >= 0.6 is 15.9 Å². The molecule has 0 fully saturated rings. The number of rotatable bonds is 2. The molecule has 1 aromatic rings. The lowest BCUT2D eigenvalue weighted by Crippen LogP contribution is -2.18. The molecule has 2 heteroatoms. The Hall–Kier alpha value is -0.340. The third kappa shape index (κ3) is 2.31. The average Bonchev–Trinajstić information content (AvgIpc) is 2.05. The molecule has 0 bridgehead atoms. The molecule has 0 amide bonds. The molecular weight excluding hydrogens is 202 g/mol. The van der Waals surface area contributed by atoms with Crippen molar-refractivity contribution in [3.05, 3.63) is 35.9 Å². The van der Waals surface area contributed by atoms with Crippen LogP contribution in [0.1, 0.15) is 18.5 Å². The van der Waals surface area contributed by atoms with Gasteiger partial charge in [-0.3, -0.25) is 0 Å². The summed E-state index contributed by atoms with van der Waals surface area (Å²) < 4.78 is 0. The highest BCUT2D eigenvalue weighted by Gasteiger charge is 2.09. The van der Waals surface area contributed by atoms with Crippen LogP contribution in [-0.4, -0.2) is 4.83 Å². The van der Waals surface area contributed by atoms with E-state index in [0.29, 0.717) is 4.83 Å². The van der Waals surface area contributed by atoms with Crippen molar-refractivity contribution in [2.45, 2.75) is 17.8 Å². The summed E-state index contributed by atoms with van der Waals surface area (Å²) in [7, 11) is 0. The zero-order chi connectivity index (χ0) is 8.27. The first-order chi connectivity index (χ1) is 5.22. The van der Waals surface area contributed by atoms with Crippen LogP contribution in [0.3, 0.4) is 0 Å². The van der Waals surface area contributed by atoms with E-state index < -0.39 is 0 Å². The van der Waals surface area contributed by atoms with E-state index in [1.165, 1.54) is 5.56 Å². The Bertz CT molecular complexity index is 208. The fourth-order valence-corrected chi connectivity index (χ4v) is 1.25. The molecule has 0 aliphatic heterocycles. The number of alkyl halides is 1. The SMILES string of the molecule is C[C@@H](Br)[C@@H](N)c1ccccc1. The van der Waals surface area contributed by atoms with Gasteiger partial charge in [-0.25, -0.2) is 0 Å². The number of hydrogen-bond acceptors (Lipinski definition) is 1. The number of hydrogen-bond donors (Lipinski definition) is 1. The summed E-state index contributed by atoms with van der Waals surface area (Å²) in [6.45, 7) is 2.05. The van der Waals surface area contributed by atoms with E-state index in [2.05, 4.69) is 22.9 Å². The summed E-state index contributed by atoms with van der Waals surface area (Å²) in [5, 5.41) is 0. The van der Waals surface area contributed by atoms with E-state index in [1.807, 2.05) is 30.3 Å². The molecular formula is C9H12BrN. The van der Waals surface area contributed by atoms with Crippen LogP contribution in [0.15, 0.2) is 30.3 Å². The summed E-state index contributed by atoms with van der Waals surface area (Å²) in [5.74, 6) is 0. The molecule has 0 aliphatic rings. The molecule has 0 aromatic heterocycles. The van der Waals surface area contributed by atoms with E-state index in [9.17, 15) is 0 Å². The Morgan fingerprint density at radius 3 is 2.27 bits per heavy atom. The number of nitrogens with two attached hydrogens (primary N) is 1. The maximum absolute atomic E-state index is 5.89. The van der Waals surface area contributed by atoms with Crippen LogP contribution in [0.4, 0.5) is 0 Å². The van der Waals surface area contributed by atoms with Crippen LogP contribution in [-0.2, 0) is 0 Å². The topological polar surface area (TPSA) is 26.0 Å². The fraction of sp³-hybridized carbons (Fsp3) is 0.333. The highest BCUT2D eigenvalue weighted by atomic mass is 79.9. The summed E-state index contributed by atoms with van der Waals surface area (Å²) in [5.41, 5.74) is 7.07. The molecule has 60 valence electrons. The van der Waals surface area contributed by atoms with Gasteiger partial charge in [-0.2, -0.15) is 0 Å². The fourth-order valence-electron chi connectivity index (χ4n) is 0.940. The first kappa shape index (κ1) is 8.75. The van der Waals surface area contributed by atoms with E-state index in [1.54, 1.807) is 0 Å². The monoisotopic (exact) mass is 213 g/mol. The molecule has 2 N–H and O–H groups in total. The molecule has 0 unspecified atom stereocenters. The van der Waals surface area contributed by atoms with Gasteiger partial charge in [0.15, 0.2) is 0 Å². The van der Waals surface area contributed by atoms with Crippen molar-refractivity contribution in [2.24, 2.45) is 5.73 Å². The van der Waals surface area contributed by atoms with Crippen molar-refractivity contribution < 1.29 is 0 Å². The highest BCUT2D eigenvalue weighted by Crippen LogP contribution is 2.18. The van der Waals surface area contributed by atoms with Crippen molar-refractivity contribution in [2.75, 3.05) is 0 Å². The smallest absolute Gasteiger partial charge is 0.0419 e. The number of halogens is 1. The lowest BCUT2D eigenvalue weighted by Gasteiger charge is -2.13. The zero-order valence-corrected chi connectivity index (χ0v) is 8.08. The third-order valence-electron chi connectivity index (χ3n) is 1.68. The summed E-state index contributed by atoms with van der Waals surface area (Å²) in [4.78, 5) is 0.324. The zero-order valence-electron chi connectivity index (χ0n) is 6.50. The first-order valence-electron chi connectivity index (χ1n) is 3.66. The maximum Gasteiger partial charge on any atom is 0.0419 e. The van der Waals surface area contributed by atoms with Gasteiger partial charge in [-0.1, -0.05) is 53.2 Å². The second-order valence-corrected chi connectivity index (χ2v) is 4.06. The van der Waals surface area contributed by atoms with E-state index in [0.717, 1.165) is 0 Å². The second kappa shape index (κ2) is 3.88. The summed E-state index contributed by atoms with van der Waals surface area (Å²) in [6, 6.07) is 10.2. The molecule has 0 saturated heterocycles. The van der Waals surface area contributed by atoms with Gasteiger partial charge in [0.2, 0.25) is 0 Å². The number of benzene rings is 1. The van der Waals surface area contributed by atoms with Crippen molar-refractivity contribution in [1.29, 1.82) is 0 Å². The molecule has 0 radical (unpaired) electrons. The second-order valence-electron chi connectivity index (χ2n) is 2.61. The van der Waals surface area contributed by atoms with Crippen molar-refractivity contribution in [1.82, 2.24) is 0 Å². The largest absolute Gasteiger partial charge is 0.323 e. The Labute approximate surface area is 75.7 Å². The molecule has 2 atom stereocenters. The normalized spacial score (nSPS) is 15.9. The van der Waals surface area contributed by atoms with Crippen LogP contribution < -0.4 is 5.73 Å². The van der Waals surface area contributed by atoms with Gasteiger partial charge >= 0.3 is 0 Å². The van der Waals surface area contributed by atoms with Crippen molar-refractivity contribution in [3.8, 4) is 0 Å². The first-order valence-corrected chi connectivity index (χ1v) is 4.58. The van der Waals surface area contributed by atoms with Gasteiger partial charge in [-0.15, -0.1) is 0 Å². The molecule has 11 heavy (non-hydrogen) atoms. The van der Waals surface area contributed by atoms with Crippen molar-refractivity contribution in [3.63, 3.8) is 0 Å². The highest BCUT2D eigenvalue weighted by molar-refractivity contribution is 9.09. The van der Waals surface area contributed by atoms with Gasteiger partial charge in [0.1, 0.15) is 0 Å². The Morgan fingerprint density at radius 1 is 1.27 bits per heavy atom. The third-order valence-corrected chi connectivity index (χ3v) is 2.25. The molecule has 1 nitrogen and oxygen atoms in total. The summed E-state index contributed by atoms with van der Waals surface area (Å²) >= 11 is 3.45. The van der Waals surface area contributed by atoms with E-state index in [4.69, 9.17) is 5.73 Å². The van der Waals surface area contributed by atoms with Crippen LogP contribution in [0.2, 0.25) is 0 Å². The Kier molecular flexibility index (Phi) is 3.09. The molecule has 0 heterocycles.